The van der Waals surface area contributed by atoms with Gasteiger partial charge in [-0.05, 0) is 42.7 Å². The van der Waals surface area contributed by atoms with Crippen LogP contribution >= 0.6 is 0 Å². The quantitative estimate of drug-likeness (QED) is 0.384. The van der Waals surface area contributed by atoms with Gasteiger partial charge in [0, 0.05) is 22.7 Å². The lowest BCUT2D eigenvalue weighted by molar-refractivity contribution is 0.195. The Morgan fingerprint density at radius 1 is 1.03 bits per heavy atom. The van der Waals surface area contributed by atoms with Crippen molar-refractivity contribution >= 4 is 15.7 Å². The van der Waals surface area contributed by atoms with E-state index in [-0.39, 0.29) is 22.6 Å². The van der Waals surface area contributed by atoms with Gasteiger partial charge in [0.05, 0.1) is 13.2 Å². The molecule has 3 atom stereocenters. The van der Waals surface area contributed by atoms with Crippen molar-refractivity contribution in [2.24, 2.45) is 5.14 Å². The molecule has 7 nitrogen and oxygen atoms in total. The maximum atomic E-state index is 13.0. The van der Waals surface area contributed by atoms with Crippen LogP contribution in [-0.2, 0) is 16.4 Å². The van der Waals surface area contributed by atoms with Gasteiger partial charge >= 0.3 is 0 Å². The average molecular weight is 457 g/mol. The molecule has 0 saturated heterocycles. The zero-order valence-corrected chi connectivity index (χ0v) is 18.8. The Bertz CT molecular complexity index is 1180. The van der Waals surface area contributed by atoms with E-state index in [2.05, 4.69) is 0 Å². The molecule has 0 aliphatic heterocycles. The molecule has 0 fully saturated rings. The Morgan fingerprint density at radius 2 is 1.72 bits per heavy atom. The third-order valence-electron chi connectivity index (χ3n) is 5.55. The summed E-state index contributed by atoms with van der Waals surface area (Å²) >= 11 is 0. The van der Waals surface area contributed by atoms with Crippen molar-refractivity contribution < 1.29 is 23.4 Å². The van der Waals surface area contributed by atoms with Crippen LogP contribution in [0.1, 0.15) is 46.4 Å². The third kappa shape index (κ3) is 5.04. The number of ether oxygens (including phenoxy) is 1. The lowest BCUT2D eigenvalue weighted by Gasteiger charge is -2.28. The Morgan fingerprint density at radius 3 is 2.31 bits per heavy atom. The number of hydrogen-bond donors (Lipinski definition) is 4. The standard InChI is InChI=1S/C24H28N2O5S/c1-15(27)22-21(25)12-11-19(23(22)28)24(32(26,29)30)20(13-16-7-4-3-5-8-16)17-9-6-10-18(14-17)31-2/h3-12,14-15,20,24,27-28H,13,25H2,1-2H3,(H2,26,29,30). The van der Waals surface area contributed by atoms with Crippen molar-refractivity contribution in [2.45, 2.75) is 30.6 Å². The number of benzene rings is 3. The van der Waals surface area contributed by atoms with Gasteiger partial charge in [-0.25, -0.2) is 13.6 Å². The number of nitrogens with two attached hydrogens (primary N) is 2. The molecular formula is C24H28N2O5S. The van der Waals surface area contributed by atoms with Crippen LogP contribution in [0.15, 0.2) is 66.7 Å². The van der Waals surface area contributed by atoms with Gasteiger partial charge < -0.3 is 20.7 Å². The second-order valence-corrected chi connectivity index (χ2v) is 9.45. The second kappa shape index (κ2) is 9.60. The topological polar surface area (TPSA) is 136 Å². The fourth-order valence-electron chi connectivity index (χ4n) is 4.07. The number of methoxy groups -OCH3 is 1. The first-order valence-electron chi connectivity index (χ1n) is 10.1. The minimum Gasteiger partial charge on any atom is -0.507 e. The van der Waals surface area contributed by atoms with Gasteiger partial charge in [0.2, 0.25) is 10.0 Å². The van der Waals surface area contributed by atoms with Crippen LogP contribution in [0.4, 0.5) is 5.69 Å². The van der Waals surface area contributed by atoms with Crippen molar-refractivity contribution in [3.8, 4) is 11.5 Å². The Balaban J connectivity index is 2.26. The molecular weight excluding hydrogens is 428 g/mol. The summed E-state index contributed by atoms with van der Waals surface area (Å²) in [5, 5.41) is 25.5. The van der Waals surface area contributed by atoms with Crippen molar-refractivity contribution in [3.05, 3.63) is 89.0 Å². The number of nitrogen functional groups attached to an aromatic ring is 1. The first-order chi connectivity index (χ1) is 15.1. The zero-order valence-electron chi connectivity index (χ0n) is 18.0. The maximum absolute atomic E-state index is 13.0. The average Bonchev–Trinajstić information content (AvgIpc) is 2.74. The second-order valence-electron chi connectivity index (χ2n) is 7.76. The van der Waals surface area contributed by atoms with Crippen LogP contribution < -0.4 is 15.6 Å². The normalized spacial score (nSPS) is 14.5. The molecule has 0 radical (unpaired) electrons. The molecule has 3 rings (SSSR count). The van der Waals surface area contributed by atoms with Gasteiger partial charge in [0.1, 0.15) is 16.7 Å². The van der Waals surface area contributed by atoms with Crippen molar-refractivity contribution in [2.75, 3.05) is 12.8 Å². The zero-order chi connectivity index (χ0) is 23.5. The Hall–Kier alpha value is -3.07. The van der Waals surface area contributed by atoms with Crippen molar-refractivity contribution in [1.82, 2.24) is 0 Å². The van der Waals surface area contributed by atoms with E-state index in [1.807, 2.05) is 30.3 Å². The Labute approximate surface area is 188 Å². The predicted octanol–water partition coefficient (Wildman–Crippen LogP) is 3.39. The molecule has 0 aliphatic carbocycles. The fraction of sp³-hybridized carbons (Fsp3) is 0.250. The van der Waals surface area contributed by atoms with Gasteiger partial charge in [0.25, 0.3) is 0 Å². The van der Waals surface area contributed by atoms with Crippen LogP contribution in [0.2, 0.25) is 0 Å². The summed E-state index contributed by atoms with van der Waals surface area (Å²) in [6, 6.07) is 19.4. The van der Waals surface area contributed by atoms with E-state index in [0.717, 1.165) is 5.56 Å². The maximum Gasteiger partial charge on any atom is 0.216 e. The first kappa shape index (κ1) is 23.6. The highest BCUT2D eigenvalue weighted by Crippen LogP contribution is 2.45. The SMILES string of the molecule is COc1cccc(C(Cc2ccccc2)C(c2ccc(N)c(C(C)O)c2O)S(N)(=O)=O)c1. The third-order valence-corrected chi connectivity index (χ3v) is 6.84. The van der Waals surface area contributed by atoms with E-state index in [1.54, 1.807) is 24.3 Å². The molecule has 8 heteroatoms. The van der Waals surface area contributed by atoms with Gasteiger partial charge in [-0.2, -0.15) is 0 Å². The summed E-state index contributed by atoms with van der Waals surface area (Å²) in [6.45, 7) is 1.45. The minimum atomic E-state index is -4.21. The van der Waals surface area contributed by atoms with Gasteiger partial charge in [-0.1, -0.05) is 48.5 Å². The summed E-state index contributed by atoms with van der Waals surface area (Å²) in [5.41, 5.74) is 7.83. The summed E-state index contributed by atoms with van der Waals surface area (Å²) in [4.78, 5) is 0. The lowest BCUT2D eigenvalue weighted by Crippen LogP contribution is -2.28. The number of aliphatic hydroxyl groups is 1. The summed E-state index contributed by atoms with van der Waals surface area (Å²) < 4.78 is 31.2. The van der Waals surface area contributed by atoms with Crippen molar-refractivity contribution in [1.29, 1.82) is 0 Å². The van der Waals surface area contributed by atoms with Gasteiger partial charge in [0.15, 0.2) is 0 Å². The number of hydrogen-bond acceptors (Lipinski definition) is 6. The highest BCUT2D eigenvalue weighted by molar-refractivity contribution is 7.89. The first-order valence-corrected chi connectivity index (χ1v) is 11.7. The van der Waals surface area contributed by atoms with E-state index in [1.165, 1.54) is 26.2 Å². The molecule has 6 N–H and O–H groups in total. The van der Waals surface area contributed by atoms with E-state index in [9.17, 15) is 18.6 Å². The molecule has 32 heavy (non-hydrogen) atoms. The monoisotopic (exact) mass is 456 g/mol. The number of rotatable bonds is 8. The van der Waals surface area contributed by atoms with Crippen LogP contribution in [0.3, 0.4) is 0 Å². The van der Waals surface area contributed by atoms with Crippen LogP contribution in [0.25, 0.3) is 0 Å². The highest BCUT2D eigenvalue weighted by Gasteiger charge is 2.37. The van der Waals surface area contributed by atoms with Gasteiger partial charge in [-0.15, -0.1) is 0 Å². The van der Waals surface area contributed by atoms with Crippen LogP contribution in [-0.4, -0.2) is 25.7 Å². The molecule has 0 amide bonds. The number of aliphatic hydroxyl groups excluding tert-OH is 1. The highest BCUT2D eigenvalue weighted by atomic mass is 32.2. The molecule has 3 aromatic carbocycles. The van der Waals surface area contributed by atoms with Crippen molar-refractivity contribution in [3.63, 3.8) is 0 Å². The van der Waals surface area contributed by atoms with Gasteiger partial charge in [-0.3, -0.25) is 0 Å². The number of sulfonamides is 1. The smallest absolute Gasteiger partial charge is 0.216 e. The summed E-state index contributed by atoms with van der Waals surface area (Å²) in [5.74, 6) is -0.459. The number of primary sulfonamides is 1. The molecule has 170 valence electrons. The molecule has 0 saturated carbocycles. The van der Waals surface area contributed by atoms with E-state index in [4.69, 9.17) is 15.6 Å². The lowest BCUT2D eigenvalue weighted by atomic mass is 9.85. The largest absolute Gasteiger partial charge is 0.507 e. The molecule has 3 aromatic rings. The molecule has 0 bridgehead atoms. The van der Waals surface area contributed by atoms with Crippen LogP contribution in [0, 0.1) is 0 Å². The number of aromatic hydroxyl groups is 1. The van der Waals surface area contributed by atoms with E-state index >= 15 is 0 Å². The molecule has 0 aliphatic rings. The molecule has 0 heterocycles. The minimum absolute atomic E-state index is 0.0697. The van der Waals surface area contributed by atoms with E-state index in [0.29, 0.717) is 17.7 Å². The summed E-state index contributed by atoms with van der Waals surface area (Å²) in [7, 11) is -2.68. The summed E-state index contributed by atoms with van der Waals surface area (Å²) in [6.07, 6.45) is -0.761. The molecule has 0 aromatic heterocycles. The number of phenolic OH excluding ortho intramolecular Hbond substituents is 1. The number of anilines is 1. The number of phenols is 1. The Kier molecular flexibility index (Phi) is 7.08. The molecule has 0 spiro atoms. The predicted molar refractivity (Wildman–Crippen MR) is 125 cm³/mol. The fourth-order valence-corrected chi connectivity index (χ4v) is 5.33. The van der Waals surface area contributed by atoms with Crippen LogP contribution in [0.5, 0.6) is 11.5 Å². The van der Waals surface area contributed by atoms with E-state index < -0.39 is 27.3 Å². The molecule has 3 unspecified atom stereocenters.